The Kier molecular flexibility index (Phi) is 5.05. The van der Waals surface area contributed by atoms with Crippen LogP contribution in [0.25, 0.3) is 0 Å². The van der Waals surface area contributed by atoms with Gasteiger partial charge in [-0.15, -0.1) is 0 Å². The molecular weight excluding hydrogens is 249 g/mol. The largest absolute Gasteiger partial charge is 0.309 e. The molecule has 0 heterocycles. The van der Waals surface area contributed by atoms with Crippen molar-refractivity contribution in [3.8, 4) is 0 Å². The molecule has 103 valence electrons. The summed E-state index contributed by atoms with van der Waals surface area (Å²) in [5.41, 5.74) is 2.92. The van der Waals surface area contributed by atoms with Gasteiger partial charge in [-0.2, -0.15) is 0 Å². The van der Waals surface area contributed by atoms with E-state index >= 15 is 0 Å². The van der Waals surface area contributed by atoms with Gasteiger partial charge < -0.3 is 5.41 Å². The van der Waals surface area contributed by atoms with Gasteiger partial charge in [0, 0.05) is 12.1 Å². The van der Waals surface area contributed by atoms with Crippen molar-refractivity contribution in [2.45, 2.75) is 19.3 Å². The van der Waals surface area contributed by atoms with Gasteiger partial charge in [0.15, 0.2) is 0 Å². The molecule has 2 heteroatoms. The Balaban J connectivity index is 1.83. The molecule has 0 fully saturated rings. The third kappa shape index (κ3) is 4.61. The monoisotopic (exact) mass is 268 g/mol. The Morgan fingerprint density at radius 1 is 1.00 bits per heavy atom. The lowest BCUT2D eigenvalue weighted by molar-refractivity contribution is 0.623. The van der Waals surface area contributed by atoms with E-state index in [1.54, 1.807) is 12.1 Å². The molecule has 0 aliphatic heterocycles. The summed E-state index contributed by atoms with van der Waals surface area (Å²) < 4.78 is 12.8. The zero-order chi connectivity index (χ0) is 14.4. The van der Waals surface area contributed by atoms with Gasteiger partial charge in [-0.25, -0.2) is 4.39 Å². The molecule has 0 aromatic heterocycles. The van der Waals surface area contributed by atoms with Crippen LogP contribution in [0.2, 0.25) is 0 Å². The van der Waals surface area contributed by atoms with Gasteiger partial charge in [0.1, 0.15) is 5.82 Å². The highest BCUT2D eigenvalue weighted by Crippen LogP contribution is 2.14. The summed E-state index contributed by atoms with van der Waals surface area (Å²) in [5.74, 6) is -0.0668. The van der Waals surface area contributed by atoms with Gasteiger partial charge in [0.05, 0.1) is 0 Å². The zero-order valence-electron chi connectivity index (χ0n) is 11.5. The highest BCUT2D eigenvalue weighted by molar-refractivity contribution is 5.83. The molecule has 1 N–H and O–H groups in total. The SMILES string of the molecule is [CH2]C(CC(=N)Cc1ccccc1)Cc1ccc(F)cc1. The van der Waals surface area contributed by atoms with E-state index in [0.29, 0.717) is 18.6 Å². The van der Waals surface area contributed by atoms with Crippen LogP contribution in [-0.4, -0.2) is 5.71 Å². The fourth-order valence-electron chi connectivity index (χ4n) is 2.29. The van der Waals surface area contributed by atoms with E-state index in [9.17, 15) is 4.39 Å². The van der Waals surface area contributed by atoms with Crippen molar-refractivity contribution in [1.29, 1.82) is 5.41 Å². The van der Waals surface area contributed by atoms with Crippen LogP contribution in [0.15, 0.2) is 54.6 Å². The molecule has 2 aromatic rings. The minimum atomic E-state index is -0.216. The van der Waals surface area contributed by atoms with Crippen LogP contribution < -0.4 is 0 Å². The molecule has 0 aliphatic carbocycles. The summed E-state index contributed by atoms with van der Waals surface area (Å²) in [6.07, 6.45) is 2.12. The van der Waals surface area contributed by atoms with E-state index in [4.69, 9.17) is 5.41 Å². The number of nitrogens with one attached hydrogen (secondary N) is 1. The molecular formula is C18H19FN. The highest BCUT2D eigenvalue weighted by Gasteiger charge is 2.08. The van der Waals surface area contributed by atoms with Crippen LogP contribution in [0.4, 0.5) is 4.39 Å². The molecule has 1 radical (unpaired) electrons. The predicted molar refractivity (Wildman–Crippen MR) is 81.4 cm³/mol. The van der Waals surface area contributed by atoms with E-state index in [2.05, 4.69) is 6.92 Å². The highest BCUT2D eigenvalue weighted by atomic mass is 19.1. The van der Waals surface area contributed by atoms with E-state index in [-0.39, 0.29) is 11.7 Å². The van der Waals surface area contributed by atoms with Gasteiger partial charge in [-0.05, 0) is 48.9 Å². The Morgan fingerprint density at radius 2 is 1.65 bits per heavy atom. The van der Waals surface area contributed by atoms with Gasteiger partial charge in [0.2, 0.25) is 0 Å². The fraction of sp³-hybridized carbons (Fsp3) is 0.222. The zero-order valence-corrected chi connectivity index (χ0v) is 11.5. The second-order valence-electron chi connectivity index (χ2n) is 5.17. The number of hydrogen-bond acceptors (Lipinski definition) is 1. The molecule has 0 saturated heterocycles. The number of rotatable bonds is 6. The van der Waals surface area contributed by atoms with Gasteiger partial charge >= 0.3 is 0 Å². The van der Waals surface area contributed by atoms with Crippen molar-refractivity contribution in [2.24, 2.45) is 5.92 Å². The van der Waals surface area contributed by atoms with Gasteiger partial charge in [-0.3, -0.25) is 0 Å². The van der Waals surface area contributed by atoms with Crippen molar-refractivity contribution in [3.05, 3.63) is 78.5 Å². The Labute approximate surface area is 120 Å². The van der Waals surface area contributed by atoms with Crippen LogP contribution in [0.5, 0.6) is 0 Å². The van der Waals surface area contributed by atoms with Crippen LogP contribution >= 0.6 is 0 Å². The molecule has 0 aliphatic rings. The first kappa shape index (κ1) is 14.4. The molecule has 1 nitrogen and oxygen atoms in total. The molecule has 0 amide bonds. The molecule has 2 rings (SSSR count). The third-order valence-electron chi connectivity index (χ3n) is 3.23. The van der Waals surface area contributed by atoms with E-state index < -0.39 is 0 Å². The normalized spacial score (nSPS) is 12.1. The summed E-state index contributed by atoms with van der Waals surface area (Å²) in [6, 6.07) is 16.5. The fourth-order valence-corrected chi connectivity index (χ4v) is 2.29. The maximum atomic E-state index is 12.8. The molecule has 2 aromatic carbocycles. The lowest BCUT2D eigenvalue weighted by Crippen LogP contribution is -2.10. The molecule has 20 heavy (non-hydrogen) atoms. The standard InChI is InChI=1S/C18H19FN/c1-14(11-16-7-9-17(19)10-8-16)12-18(20)13-15-5-3-2-4-6-15/h2-10,14,20H,1,11-13H2. The quantitative estimate of drug-likeness (QED) is 0.747. The molecule has 0 spiro atoms. The average molecular weight is 268 g/mol. The van der Waals surface area contributed by atoms with Gasteiger partial charge in [0.25, 0.3) is 0 Å². The molecule has 1 unspecified atom stereocenters. The second kappa shape index (κ2) is 6.99. The minimum Gasteiger partial charge on any atom is -0.309 e. The lowest BCUT2D eigenvalue weighted by Gasteiger charge is -2.12. The van der Waals surface area contributed by atoms with Crippen molar-refractivity contribution in [3.63, 3.8) is 0 Å². The first-order valence-corrected chi connectivity index (χ1v) is 6.81. The molecule has 1 atom stereocenters. The topological polar surface area (TPSA) is 23.9 Å². The van der Waals surface area contributed by atoms with Crippen molar-refractivity contribution >= 4 is 5.71 Å². The molecule has 0 saturated carbocycles. The average Bonchev–Trinajstić information content (AvgIpc) is 2.42. The van der Waals surface area contributed by atoms with Crippen molar-refractivity contribution in [1.82, 2.24) is 0 Å². The van der Waals surface area contributed by atoms with Crippen LogP contribution in [-0.2, 0) is 12.8 Å². The number of halogens is 1. The van der Waals surface area contributed by atoms with E-state index in [1.807, 2.05) is 30.3 Å². The van der Waals surface area contributed by atoms with Crippen LogP contribution in [0.1, 0.15) is 17.5 Å². The minimum absolute atomic E-state index is 0.150. The Morgan fingerprint density at radius 3 is 2.30 bits per heavy atom. The molecule has 0 bridgehead atoms. The Bertz CT molecular complexity index is 545. The smallest absolute Gasteiger partial charge is 0.123 e. The van der Waals surface area contributed by atoms with Crippen molar-refractivity contribution < 1.29 is 4.39 Å². The van der Waals surface area contributed by atoms with Crippen molar-refractivity contribution in [2.75, 3.05) is 0 Å². The summed E-state index contributed by atoms with van der Waals surface area (Å²) in [4.78, 5) is 0. The number of hydrogen-bond donors (Lipinski definition) is 1. The second-order valence-corrected chi connectivity index (χ2v) is 5.17. The van der Waals surface area contributed by atoms with Gasteiger partial charge in [-0.1, -0.05) is 42.5 Å². The summed E-state index contributed by atoms with van der Waals surface area (Å²) in [5, 5.41) is 8.06. The first-order valence-electron chi connectivity index (χ1n) is 6.81. The third-order valence-corrected chi connectivity index (χ3v) is 3.23. The predicted octanol–water partition coefficient (Wildman–Crippen LogP) is 4.47. The number of benzene rings is 2. The first-order chi connectivity index (χ1) is 9.63. The van der Waals surface area contributed by atoms with Crippen LogP contribution in [0, 0.1) is 24.1 Å². The maximum absolute atomic E-state index is 12.8. The summed E-state index contributed by atoms with van der Waals surface area (Å²) >= 11 is 0. The lowest BCUT2D eigenvalue weighted by atomic mass is 9.93. The van der Waals surface area contributed by atoms with Crippen LogP contribution in [0.3, 0.4) is 0 Å². The Hall–Kier alpha value is -1.96. The summed E-state index contributed by atoms with van der Waals surface area (Å²) in [7, 11) is 0. The summed E-state index contributed by atoms with van der Waals surface area (Å²) in [6.45, 7) is 4.10. The maximum Gasteiger partial charge on any atom is 0.123 e. The van der Waals surface area contributed by atoms with E-state index in [1.165, 1.54) is 12.1 Å². The van der Waals surface area contributed by atoms with E-state index in [0.717, 1.165) is 17.5 Å².